The van der Waals surface area contributed by atoms with Crippen molar-refractivity contribution in [2.45, 2.75) is 53.0 Å². The van der Waals surface area contributed by atoms with Crippen LogP contribution < -0.4 is 12.4 Å². The molecule has 1 aromatic rings. The van der Waals surface area contributed by atoms with E-state index in [0.29, 0.717) is 6.54 Å². The summed E-state index contributed by atoms with van der Waals surface area (Å²) < 4.78 is 0. The van der Waals surface area contributed by atoms with Crippen molar-refractivity contribution in [3.8, 4) is 0 Å². The quantitative estimate of drug-likeness (QED) is 0.449. The Bertz CT molecular complexity index is 776. The van der Waals surface area contributed by atoms with Gasteiger partial charge in [0.25, 0.3) is 0 Å². The number of piperazine rings is 1. The molecule has 2 heterocycles. The number of likely N-dealkylation sites (tertiary alicyclic amines) is 1. The zero-order chi connectivity index (χ0) is 21.4. The number of halogens is 1. The average Bonchev–Trinajstić information content (AvgIpc) is 2.93. The lowest BCUT2D eigenvalue weighted by Crippen LogP contribution is -3.00. The van der Waals surface area contributed by atoms with Crippen LogP contribution in [0.15, 0.2) is 30.3 Å². The Morgan fingerprint density at radius 1 is 0.903 bits per heavy atom. The topological polar surface area (TPSA) is 43.9 Å². The molecule has 2 unspecified atom stereocenters. The summed E-state index contributed by atoms with van der Waals surface area (Å²) in [5.74, 6) is 0.160. The van der Waals surface area contributed by atoms with Crippen molar-refractivity contribution in [1.82, 2.24) is 14.7 Å². The Morgan fingerprint density at radius 2 is 1.52 bits per heavy atom. The lowest BCUT2D eigenvalue weighted by Gasteiger charge is -2.47. The first-order chi connectivity index (χ1) is 14.3. The molecule has 31 heavy (non-hydrogen) atoms. The summed E-state index contributed by atoms with van der Waals surface area (Å²) in [6.07, 6.45) is 3.66. The maximum absolute atomic E-state index is 13.1. The van der Waals surface area contributed by atoms with Crippen LogP contribution in [0, 0.1) is 16.7 Å². The van der Waals surface area contributed by atoms with Crippen LogP contribution in [0.1, 0.15) is 52.0 Å². The summed E-state index contributed by atoms with van der Waals surface area (Å²) in [4.78, 5) is 32.7. The van der Waals surface area contributed by atoms with Crippen LogP contribution in [-0.2, 0) is 16.1 Å². The number of hydrogen-bond donors (Lipinski definition) is 0. The maximum Gasteiger partial charge on any atom is 0.235 e. The largest absolute Gasteiger partial charge is 1.00 e. The Labute approximate surface area is 193 Å². The molecule has 2 amide bonds. The van der Waals surface area contributed by atoms with Gasteiger partial charge in [0.1, 0.15) is 0 Å². The number of amides is 2. The van der Waals surface area contributed by atoms with E-state index < -0.39 is 0 Å². The van der Waals surface area contributed by atoms with Crippen molar-refractivity contribution < 1.29 is 22.0 Å². The molecule has 1 aromatic carbocycles. The monoisotopic (exact) mass is 446 g/mol. The minimum absolute atomic E-state index is 0. The number of benzene rings is 1. The summed E-state index contributed by atoms with van der Waals surface area (Å²) in [7, 11) is 0. The molecule has 1 aliphatic carbocycles. The van der Waals surface area contributed by atoms with E-state index in [9.17, 15) is 9.59 Å². The van der Waals surface area contributed by atoms with Crippen LogP contribution in [0.5, 0.6) is 0 Å². The van der Waals surface area contributed by atoms with Crippen LogP contribution in [0.25, 0.3) is 0 Å². The first-order valence-electron chi connectivity index (χ1n) is 11.7. The van der Waals surface area contributed by atoms with Crippen LogP contribution in [0.3, 0.4) is 0 Å². The van der Waals surface area contributed by atoms with Gasteiger partial charge in [-0.2, -0.15) is 0 Å². The Morgan fingerprint density at radius 3 is 2.19 bits per heavy atom. The SMILES string of the molecule is CC12CCC(C(=O)N(CCCCN3CCN(Cc4ccccc4)CC3)C1=O)C2(C)C.[Cl-]. The molecule has 0 N–H and O–H groups in total. The highest BCUT2D eigenvalue weighted by Crippen LogP contribution is 2.60. The molecule has 2 aliphatic heterocycles. The third kappa shape index (κ3) is 4.55. The first kappa shape index (κ1) is 24.2. The molecule has 6 heteroatoms. The Balaban J connectivity index is 0.00000272. The highest BCUT2D eigenvalue weighted by Gasteiger charge is 2.64. The summed E-state index contributed by atoms with van der Waals surface area (Å²) >= 11 is 0. The van der Waals surface area contributed by atoms with Gasteiger partial charge in [-0.1, -0.05) is 51.1 Å². The first-order valence-corrected chi connectivity index (χ1v) is 11.7. The standard InChI is InChI=1S/C25H37N3O2.ClH/c1-24(2)21-11-12-25(24,3)23(30)28(22(21)29)14-8-7-13-26-15-17-27(18-16-26)19-20-9-5-4-6-10-20;/h4-6,9-10,21H,7-8,11-19H2,1-3H3;1H/p-1. The van der Waals surface area contributed by atoms with Gasteiger partial charge in [-0.25, -0.2) is 0 Å². The molecular formula is C25H37ClN3O2-. The van der Waals surface area contributed by atoms with Gasteiger partial charge < -0.3 is 17.3 Å². The fourth-order valence-corrected chi connectivity index (χ4v) is 5.73. The number of carbonyl (C=O) groups is 2. The number of imide groups is 1. The molecule has 0 radical (unpaired) electrons. The van der Waals surface area contributed by atoms with E-state index >= 15 is 0 Å². The number of fused-ring (bicyclic) bond motifs is 2. The Hall–Kier alpha value is -1.43. The average molecular weight is 447 g/mol. The molecule has 3 aliphatic rings. The minimum atomic E-state index is -0.374. The van der Waals surface area contributed by atoms with E-state index in [1.807, 2.05) is 0 Å². The molecule has 4 rings (SSSR count). The van der Waals surface area contributed by atoms with Crippen LogP contribution >= 0.6 is 0 Å². The smallest absolute Gasteiger partial charge is 0.235 e. The van der Waals surface area contributed by atoms with Crippen molar-refractivity contribution in [3.63, 3.8) is 0 Å². The van der Waals surface area contributed by atoms with Crippen molar-refractivity contribution in [3.05, 3.63) is 35.9 Å². The summed E-state index contributed by atoms with van der Waals surface area (Å²) in [5.41, 5.74) is 0.797. The lowest BCUT2D eigenvalue weighted by atomic mass is 9.62. The van der Waals surface area contributed by atoms with E-state index in [-0.39, 0.29) is 41.0 Å². The molecular weight excluding hydrogens is 410 g/mol. The highest BCUT2D eigenvalue weighted by atomic mass is 35.5. The Kier molecular flexibility index (Phi) is 7.50. The van der Waals surface area contributed by atoms with E-state index in [4.69, 9.17) is 0 Å². The minimum Gasteiger partial charge on any atom is -1.00 e. The van der Waals surface area contributed by atoms with E-state index in [1.165, 1.54) is 5.56 Å². The third-order valence-electron chi connectivity index (χ3n) is 8.33. The molecule has 0 aromatic heterocycles. The van der Waals surface area contributed by atoms with Crippen molar-refractivity contribution in [2.75, 3.05) is 39.3 Å². The predicted molar refractivity (Wildman–Crippen MR) is 119 cm³/mol. The molecule has 2 bridgehead atoms. The molecule has 5 nitrogen and oxygen atoms in total. The highest BCUT2D eigenvalue weighted by molar-refractivity contribution is 6.03. The number of rotatable bonds is 7. The number of carbonyl (C=O) groups excluding carboxylic acids is 2. The second-order valence-corrected chi connectivity index (χ2v) is 10.3. The van der Waals surface area contributed by atoms with Gasteiger partial charge in [0.15, 0.2) is 0 Å². The van der Waals surface area contributed by atoms with E-state index in [2.05, 4.69) is 60.9 Å². The van der Waals surface area contributed by atoms with E-state index in [0.717, 1.165) is 65.0 Å². The summed E-state index contributed by atoms with van der Waals surface area (Å²) in [5, 5.41) is 0. The molecule has 172 valence electrons. The second-order valence-electron chi connectivity index (χ2n) is 10.3. The fourth-order valence-electron chi connectivity index (χ4n) is 5.73. The maximum atomic E-state index is 13.1. The van der Waals surface area contributed by atoms with Gasteiger partial charge >= 0.3 is 0 Å². The van der Waals surface area contributed by atoms with Crippen LogP contribution in [-0.4, -0.2) is 65.8 Å². The normalized spacial score (nSPS) is 28.6. The molecule has 2 saturated heterocycles. The van der Waals surface area contributed by atoms with Crippen molar-refractivity contribution in [1.29, 1.82) is 0 Å². The zero-order valence-corrected chi connectivity index (χ0v) is 20.0. The third-order valence-corrected chi connectivity index (χ3v) is 8.33. The number of hydrogen-bond acceptors (Lipinski definition) is 4. The van der Waals surface area contributed by atoms with Crippen molar-refractivity contribution >= 4 is 11.8 Å². The summed E-state index contributed by atoms with van der Waals surface area (Å²) in [6, 6.07) is 10.7. The molecule has 3 fully saturated rings. The van der Waals surface area contributed by atoms with Gasteiger partial charge in [0.05, 0.1) is 5.41 Å². The fraction of sp³-hybridized carbons (Fsp3) is 0.680. The predicted octanol–water partition coefficient (Wildman–Crippen LogP) is 0.400. The second kappa shape index (κ2) is 9.60. The number of piperidine rings is 1. The van der Waals surface area contributed by atoms with Crippen LogP contribution in [0.4, 0.5) is 0 Å². The lowest BCUT2D eigenvalue weighted by molar-refractivity contribution is -0.167. The molecule has 1 saturated carbocycles. The molecule has 0 spiro atoms. The van der Waals surface area contributed by atoms with Gasteiger partial charge in [0, 0.05) is 45.2 Å². The summed E-state index contributed by atoms with van der Waals surface area (Å²) in [6.45, 7) is 13.4. The van der Waals surface area contributed by atoms with Gasteiger partial charge in [-0.05, 0) is 43.2 Å². The van der Waals surface area contributed by atoms with Crippen LogP contribution in [0.2, 0.25) is 0 Å². The number of unbranched alkanes of at least 4 members (excludes halogenated alkanes) is 1. The van der Waals surface area contributed by atoms with Crippen molar-refractivity contribution in [2.24, 2.45) is 16.7 Å². The van der Waals surface area contributed by atoms with Gasteiger partial charge in [-0.3, -0.25) is 19.4 Å². The molecule has 2 atom stereocenters. The van der Waals surface area contributed by atoms with E-state index in [1.54, 1.807) is 4.90 Å². The van der Waals surface area contributed by atoms with Gasteiger partial charge in [-0.15, -0.1) is 0 Å². The zero-order valence-electron chi connectivity index (χ0n) is 19.3. The van der Waals surface area contributed by atoms with Gasteiger partial charge in [0.2, 0.25) is 11.8 Å². The number of nitrogens with zero attached hydrogens (tertiary/aromatic N) is 3.